The van der Waals surface area contributed by atoms with Gasteiger partial charge in [-0.3, -0.25) is 4.79 Å². The summed E-state index contributed by atoms with van der Waals surface area (Å²) in [6, 6.07) is 4.54. The Hall–Kier alpha value is -2.58. The summed E-state index contributed by atoms with van der Waals surface area (Å²) in [5.41, 5.74) is 6.62. The predicted molar refractivity (Wildman–Crippen MR) is 85.8 cm³/mol. The van der Waals surface area contributed by atoms with Crippen molar-refractivity contribution in [3.05, 3.63) is 41.6 Å². The molecule has 130 valence electrons. The van der Waals surface area contributed by atoms with Gasteiger partial charge in [-0.2, -0.15) is 0 Å². The van der Waals surface area contributed by atoms with Crippen LogP contribution in [0.3, 0.4) is 0 Å². The van der Waals surface area contributed by atoms with Crippen molar-refractivity contribution in [1.29, 1.82) is 0 Å². The van der Waals surface area contributed by atoms with Crippen molar-refractivity contribution in [3.8, 4) is 11.5 Å². The van der Waals surface area contributed by atoms with Gasteiger partial charge < -0.3 is 30.0 Å². The fourth-order valence-electron chi connectivity index (χ4n) is 1.99. The Balaban J connectivity index is 2.03. The predicted octanol–water partition coefficient (Wildman–Crippen LogP) is 1.00. The summed E-state index contributed by atoms with van der Waals surface area (Å²) >= 11 is 0. The molecule has 2 atom stereocenters. The number of hydrogen-bond donors (Lipinski definition) is 3. The van der Waals surface area contributed by atoms with Gasteiger partial charge >= 0.3 is 0 Å². The third-order valence-corrected chi connectivity index (χ3v) is 3.42. The molecule has 1 aromatic heterocycles. The number of aliphatic hydroxyl groups is 1. The molecule has 2 unspecified atom stereocenters. The summed E-state index contributed by atoms with van der Waals surface area (Å²) < 4.78 is 15.5. The van der Waals surface area contributed by atoms with Crippen molar-refractivity contribution in [3.63, 3.8) is 0 Å². The lowest BCUT2D eigenvalue weighted by atomic mass is 10.2. The van der Waals surface area contributed by atoms with Gasteiger partial charge in [0.15, 0.2) is 5.69 Å². The monoisotopic (exact) mass is 335 g/mol. The number of amides is 1. The number of carbonyl (C=O) groups excluding carboxylic acids is 1. The highest BCUT2D eigenvalue weighted by atomic mass is 16.5. The Bertz CT molecular complexity index is 677. The number of hydrogen-bond acceptors (Lipinski definition) is 7. The standard InChI is InChI=1S/C16H21N3O5/c1-9(20)14(17)16-19-13(8-24-16)15(21)18-7-10-4-11(22-2)6-12(5-10)23-3/h4-6,8-9,14,20H,7,17H2,1-3H3,(H,18,21). The van der Waals surface area contributed by atoms with Gasteiger partial charge in [-0.25, -0.2) is 4.98 Å². The number of rotatable bonds is 7. The summed E-state index contributed by atoms with van der Waals surface area (Å²) in [5.74, 6) is 0.957. The molecule has 0 aliphatic carbocycles. The van der Waals surface area contributed by atoms with E-state index in [4.69, 9.17) is 19.6 Å². The zero-order valence-corrected chi connectivity index (χ0v) is 13.8. The molecule has 2 aromatic rings. The van der Waals surface area contributed by atoms with E-state index in [0.29, 0.717) is 11.5 Å². The molecule has 24 heavy (non-hydrogen) atoms. The minimum Gasteiger partial charge on any atom is -0.497 e. The number of oxazole rings is 1. The maximum atomic E-state index is 12.1. The zero-order valence-electron chi connectivity index (χ0n) is 13.8. The number of aromatic nitrogens is 1. The quantitative estimate of drug-likeness (QED) is 0.690. The highest BCUT2D eigenvalue weighted by molar-refractivity contribution is 5.91. The van der Waals surface area contributed by atoms with E-state index in [-0.39, 0.29) is 18.1 Å². The van der Waals surface area contributed by atoms with E-state index in [9.17, 15) is 9.90 Å². The van der Waals surface area contributed by atoms with Crippen LogP contribution in [0.25, 0.3) is 0 Å². The largest absolute Gasteiger partial charge is 0.497 e. The fraction of sp³-hybridized carbons (Fsp3) is 0.375. The van der Waals surface area contributed by atoms with E-state index in [1.54, 1.807) is 32.4 Å². The fourth-order valence-corrected chi connectivity index (χ4v) is 1.99. The van der Waals surface area contributed by atoms with E-state index >= 15 is 0 Å². The first-order valence-corrected chi connectivity index (χ1v) is 7.33. The molecule has 1 amide bonds. The summed E-state index contributed by atoms with van der Waals surface area (Å²) in [4.78, 5) is 16.1. The Labute approximate surface area is 139 Å². The Morgan fingerprint density at radius 3 is 2.50 bits per heavy atom. The average molecular weight is 335 g/mol. The molecular weight excluding hydrogens is 314 g/mol. The number of ether oxygens (including phenoxy) is 2. The number of carbonyl (C=O) groups is 1. The number of benzene rings is 1. The van der Waals surface area contributed by atoms with Crippen molar-refractivity contribution in [2.24, 2.45) is 5.73 Å². The van der Waals surface area contributed by atoms with Crippen LogP contribution in [0.5, 0.6) is 11.5 Å². The molecule has 2 rings (SSSR count). The molecule has 0 aliphatic heterocycles. The van der Waals surface area contributed by atoms with Gasteiger partial charge in [0.1, 0.15) is 23.8 Å². The first kappa shape index (κ1) is 17.8. The molecule has 4 N–H and O–H groups in total. The second-order valence-corrected chi connectivity index (χ2v) is 5.24. The lowest BCUT2D eigenvalue weighted by Gasteiger charge is -2.09. The smallest absolute Gasteiger partial charge is 0.273 e. The van der Waals surface area contributed by atoms with Crippen molar-refractivity contribution >= 4 is 5.91 Å². The molecule has 0 radical (unpaired) electrons. The van der Waals surface area contributed by atoms with Crippen LogP contribution in [0.2, 0.25) is 0 Å². The summed E-state index contributed by atoms with van der Waals surface area (Å²) in [6.45, 7) is 1.78. The molecule has 0 bridgehead atoms. The second-order valence-electron chi connectivity index (χ2n) is 5.24. The van der Waals surface area contributed by atoms with Crippen LogP contribution < -0.4 is 20.5 Å². The first-order chi connectivity index (χ1) is 11.4. The Morgan fingerprint density at radius 1 is 1.33 bits per heavy atom. The number of nitrogens with two attached hydrogens (primary N) is 1. The van der Waals surface area contributed by atoms with E-state index < -0.39 is 18.1 Å². The summed E-state index contributed by atoms with van der Waals surface area (Å²) in [7, 11) is 3.11. The molecule has 0 aliphatic rings. The van der Waals surface area contributed by atoms with Crippen LogP contribution in [0.15, 0.2) is 28.9 Å². The van der Waals surface area contributed by atoms with Gasteiger partial charge in [0.05, 0.1) is 20.3 Å². The topological polar surface area (TPSA) is 120 Å². The molecule has 0 spiro atoms. The second kappa shape index (κ2) is 7.80. The van der Waals surface area contributed by atoms with E-state index in [0.717, 1.165) is 5.56 Å². The molecule has 1 aromatic carbocycles. The normalized spacial score (nSPS) is 13.2. The minimum absolute atomic E-state index is 0.0935. The van der Waals surface area contributed by atoms with Crippen LogP contribution in [-0.2, 0) is 6.54 Å². The van der Waals surface area contributed by atoms with Crippen LogP contribution in [0.1, 0.15) is 34.9 Å². The SMILES string of the molecule is COc1cc(CNC(=O)c2coc(C(N)C(C)O)n2)cc(OC)c1. The highest BCUT2D eigenvalue weighted by Crippen LogP contribution is 2.22. The lowest BCUT2D eigenvalue weighted by molar-refractivity contribution is 0.0945. The van der Waals surface area contributed by atoms with E-state index in [1.807, 2.05) is 0 Å². The van der Waals surface area contributed by atoms with Crippen LogP contribution >= 0.6 is 0 Å². The number of nitrogens with zero attached hydrogens (tertiary/aromatic N) is 1. The van der Waals surface area contributed by atoms with Crippen molar-refractivity contribution < 1.29 is 23.8 Å². The molecule has 0 saturated carbocycles. The van der Waals surface area contributed by atoms with Gasteiger partial charge in [-0.05, 0) is 24.6 Å². The first-order valence-electron chi connectivity index (χ1n) is 7.33. The number of nitrogens with one attached hydrogen (secondary N) is 1. The van der Waals surface area contributed by atoms with Crippen molar-refractivity contribution in [2.45, 2.75) is 25.6 Å². The van der Waals surface area contributed by atoms with Gasteiger partial charge in [-0.15, -0.1) is 0 Å². The van der Waals surface area contributed by atoms with Gasteiger partial charge in [0.2, 0.25) is 5.89 Å². The molecule has 0 fully saturated rings. The molecule has 0 saturated heterocycles. The summed E-state index contributed by atoms with van der Waals surface area (Å²) in [6.07, 6.45) is 0.378. The van der Waals surface area contributed by atoms with E-state index in [2.05, 4.69) is 10.3 Å². The molecule has 1 heterocycles. The van der Waals surface area contributed by atoms with Crippen LogP contribution in [0.4, 0.5) is 0 Å². The lowest BCUT2D eigenvalue weighted by Crippen LogP contribution is -2.25. The Morgan fingerprint density at radius 2 is 1.96 bits per heavy atom. The number of aliphatic hydroxyl groups excluding tert-OH is 1. The average Bonchev–Trinajstić information content (AvgIpc) is 3.08. The Kier molecular flexibility index (Phi) is 5.78. The molecule has 8 nitrogen and oxygen atoms in total. The van der Waals surface area contributed by atoms with Gasteiger partial charge in [0.25, 0.3) is 5.91 Å². The maximum absolute atomic E-state index is 12.1. The summed E-state index contributed by atoms with van der Waals surface area (Å²) in [5, 5.41) is 12.1. The van der Waals surface area contributed by atoms with Gasteiger partial charge in [0, 0.05) is 12.6 Å². The minimum atomic E-state index is -0.830. The third kappa shape index (κ3) is 4.24. The highest BCUT2D eigenvalue weighted by Gasteiger charge is 2.20. The van der Waals surface area contributed by atoms with Gasteiger partial charge in [-0.1, -0.05) is 0 Å². The number of methoxy groups -OCH3 is 2. The third-order valence-electron chi connectivity index (χ3n) is 3.42. The molecule has 8 heteroatoms. The maximum Gasteiger partial charge on any atom is 0.273 e. The van der Waals surface area contributed by atoms with E-state index in [1.165, 1.54) is 13.2 Å². The molecular formula is C16H21N3O5. The van der Waals surface area contributed by atoms with Crippen LogP contribution in [-0.4, -0.2) is 36.3 Å². The van der Waals surface area contributed by atoms with Crippen molar-refractivity contribution in [2.75, 3.05) is 14.2 Å². The zero-order chi connectivity index (χ0) is 17.7. The van der Waals surface area contributed by atoms with Crippen molar-refractivity contribution in [1.82, 2.24) is 10.3 Å². The van der Waals surface area contributed by atoms with Crippen LogP contribution in [0, 0.1) is 0 Å².